The summed E-state index contributed by atoms with van der Waals surface area (Å²) in [5.41, 5.74) is 1.60. The van der Waals surface area contributed by atoms with Gasteiger partial charge in [0, 0.05) is 20.3 Å². The monoisotopic (exact) mass is 408 g/mol. The summed E-state index contributed by atoms with van der Waals surface area (Å²) in [4.78, 5) is 32.3. The summed E-state index contributed by atoms with van der Waals surface area (Å²) in [5.74, 6) is -1.04. The molecule has 2 aromatic rings. The van der Waals surface area contributed by atoms with Crippen LogP contribution in [0.15, 0.2) is 40.2 Å². The molecule has 1 N–H and O–H groups in total. The number of nitrogens with zero attached hydrogens (tertiary/aromatic N) is 2. The third-order valence-corrected chi connectivity index (χ3v) is 6.29. The van der Waals surface area contributed by atoms with Crippen LogP contribution in [-0.4, -0.2) is 33.6 Å². The Morgan fingerprint density at radius 1 is 1.38 bits per heavy atom. The molecule has 2 bridgehead atoms. The van der Waals surface area contributed by atoms with E-state index in [0.29, 0.717) is 12.1 Å². The number of carboxylic acid groups (broad SMARTS) is 1. The van der Waals surface area contributed by atoms with Crippen LogP contribution in [0, 0.1) is 0 Å². The maximum atomic E-state index is 12.7. The molecular formula is C16H13BrN2O4S. The van der Waals surface area contributed by atoms with E-state index in [0.717, 1.165) is 14.9 Å². The second-order valence-electron chi connectivity index (χ2n) is 5.64. The summed E-state index contributed by atoms with van der Waals surface area (Å²) >= 11 is 4.86. The molecule has 1 aromatic carbocycles. The number of rotatable bonds is 4. The lowest BCUT2D eigenvalue weighted by Gasteiger charge is -2.28. The van der Waals surface area contributed by atoms with E-state index in [1.54, 1.807) is 0 Å². The number of hydrogen-bond donors (Lipinski definition) is 1. The summed E-state index contributed by atoms with van der Waals surface area (Å²) in [6.07, 6.45) is 0. The molecule has 1 unspecified atom stereocenters. The Balaban J connectivity index is 1.65. The molecule has 2 atom stereocenters. The third-order valence-electron chi connectivity index (χ3n) is 4.23. The largest absolute Gasteiger partial charge is 0.479 e. The predicted molar refractivity (Wildman–Crippen MR) is 90.3 cm³/mol. The molecule has 1 aromatic heterocycles. The van der Waals surface area contributed by atoms with Crippen molar-refractivity contribution in [3.63, 3.8) is 0 Å². The molecule has 2 amide bonds. The summed E-state index contributed by atoms with van der Waals surface area (Å²) in [6, 6.07) is 7.90. The molecule has 3 heterocycles. The maximum Gasteiger partial charge on any atom is 0.345 e. The number of halogens is 1. The van der Waals surface area contributed by atoms with Gasteiger partial charge in [0.25, 0.3) is 0 Å². The number of hydrogen-bond acceptors (Lipinski definition) is 4. The Morgan fingerprint density at radius 3 is 2.83 bits per heavy atom. The van der Waals surface area contributed by atoms with E-state index < -0.39 is 18.0 Å². The highest BCUT2D eigenvalue weighted by Crippen LogP contribution is 2.49. The van der Waals surface area contributed by atoms with Crippen LogP contribution in [0.3, 0.4) is 0 Å². The number of amides is 2. The van der Waals surface area contributed by atoms with Crippen LogP contribution in [0.4, 0.5) is 4.79 Å². The van der Waals surface area contributed by atoms with Crippen molar-refractivity contribution < 1.29 is 19.5 Å². The lowest BCUT2D eigenvalue weighted by molar-refractivity contribution is -0.143. The molecule has 2 aliphatic heterocycles. The van der Waals surface area contributed by atoms with Crippen molar-refractivity contribution in [1.29, 1.82) is 0 Å². The van der Waals surface area contributed by atoms with Gasteiger partial charge in [-0.1, -0.05) is 30.3 Å². The minimum atomic E-state index is -1.04. The Bertz CT molecular complexity index is 810. The van der Waals surface area contributed by atoms with Crippen LogP contribution in [0.1, 0.15) is 28.1 Å². The first-order valence-corrected chi connectivity index (χ1v) is 9.01. The molecule has 2 aliphatic rings. The van der Waals surface area contributed by atoms with Gasteiger partial charge < -0.3 is 10.0 Å². The standard InChI is InChI=1S/C16H13BrN2O4S/c17-10-8-24-14-11-6-18(13(12(10)14)15(20)21)16(22)19(11)23-7-9-4-2-1-3-5-9/h1-5,8,11,13H,6-7H2,(H,20,21)/t11-,13?/m1/s1. The number of benzene rings is 1. The van der Waals surface area contributed by atoms with E-state index in [9.17, 15) is 14.7 Å². The average Bonchev–Trinajstić information content (AvgIpc) is 3.08. The van der Waals surface area contributed by atoms with Gasteiger partial charge in [-0.3, -0.25) is 4.84 Å². The summed E-state index contributed by atoms with van der Waals surface area (Å²) in [5, 5.41) is 12.8. The van der Waals surface area contributed by atoms with Crippen LogP contribution in [-0.2, 0) is 16.2 Å². The van der Waals surface area contributed by atoms with Gasteiger partial charge in [0.15, 0.2) is 6.04 Å². The zero-order valence-electron chi connectivity index (χ0n) is 12.4. The Hall–Kier alpha value is -1.90. The van der Waals surface area contributed by atoms with Gasteiger partial charge >= 0.3 is 12.0 Å². The Kier molecular flexibility index (Phi) is 3.82. The molecule has 124 valence electrons. The molecule has 0 spiro atoms. The third kappa shape index (κ3) is 2.33. The SMILES string of the molecule is O=C(O)C1c2c(Br)csc2[C@H]2CN1C(=O)N2OCc1ccccc1. The summed E-state index contributed by atoms with van der Waals surface area (Å²) in [7, 11) is 0. The zero-order valence-corrected chi connectivity index (χ0v) is 14.8. The molecule has 0 saturated carbocycles. The van der Waals surface area contributed by atoms with Gasteiger partial charge in [-0.05, 0) is 21.5 Å². The number of fused-ring (bicyclic) bond motifs is 4. The van der Waals surface area contributed by atoms with Crippen LogP contribution in [0.25, 0.3) is 0 Å². The van der Waals surface area contributed by atoms with Crippen molar-refractivity contribution in [3.8, 4) is 0 Å². The van der Waals surface area contributed by atoms with Gasteiger partial charge in [-0.25, -0.2) is 9.59 Å². The van der Waals surface area contributed by atoms with Gasteiger partial charge in [-0.2, -0.15) is 5.06 Å². The number of aliphatic carboxylic acids is 1. The van der Waals surface area contributed by atoms with E-state index >= 15 is 0 Å². The van der Waals surface area contributed by atoms with Crippen molar-refractivity contribution in [2.45, 2.75) is 18.7 Å². The number of carbonyl (C=O) groups is 2. The van der Waals surface area contributed by atoms with E-state index in [4.69, 9.17) is 4.84 Å². The van der Waals surface area contributed by atoms with E-state index in [1.165, 1.54) is 21.3 Å². The molecule has 24 heavy (non-hydrogen) atoms. The number of carboxylic acids is 1. The molecular weight excluding hydrogens is 396 g/mol. The number of thiophene rings is 1. The normalized spacial score (nSPS) is 22.0. The predicted octanol–water partition coefficient (Wildman–Crippen LogP) is 3.56. The van der Waals surface area contributed by atoms with Crippen LogP contribution >= 0.6 is 27.3 Å². The summed E-state index contributed by atoms with van der Waals surface area (Å²) in [6.45, 7) is 0.584. The highest BCUT2D eigenvalue weighted by Gasteiger charge is 2.52. The number of carbonyl (C=O) groups excluding carboxylic acids is 1. The fourth-order valence-electron chi connectivity index (χ4n) is 3.16. The first kappa shape index (κ1) is 15.6. The van der Waals surface area contributed by atoms with Gasteiger partial charge in [-0.15, -0.1) is 11.3 Å². The fraction of sp³-hybridized carbons (Fsp3) is 0.250. The van der Waals surface area contributed by atoms with Crippen LogP contribution < -0.4 is 0 Å². The molecule has 8 heteroatoms. The first-order chi connectivity index (χ1) is 11.6. The van der Waals surface area contributed by atoms with Crippen LogP contribution in [0.5, 0.6) is 0 Å². The van der Waals surface area contributed by atoms with Crippen molar-refractivity contribution in [2.75, 3.05) is 6.54 Å². The smallest absolute Gasteiger partial charge is 0.345 e. The van der Waals surface area contributed by atoms with E-state index in [-0.39, 0.29) is 12.6 Å². The highest BCUT2D eigenvalue weighted by atomic mass is 79.9. The Morgan fingerprint density at radius 2 is 2.12 bits per heavy atom. The molecule has 0 radical (unpaired) electrons. The molecule has 6 nitrogen and oxygen atoms in total. The van der Waals surface area contributed by atoms with Gasteiger partial charge in [0.2, 0.25) is 0 Å². The second-order valence-corrected chi connectivity index (χ2v) is 7.40. The van der Waals surface area contributed by atoms with Crippen LogP contribution in [0.2, 0.25) is 0 Å². The van der Waals surface area contributed by atoms with Gasteiger partial charge in [0.1, 0.15) is 12.6 Å². The first-order valence-electron chi connectivity index (χ1n) is 7.34. The van der Waals surface area contributed by atoms with Crippen molar-refractivity contribution in [3.05, 3.63) is 56.2 Å². The topological polar surface area (TPSA) is 70.1 Å². The molecule has 0 aliphatic carbocycles. The highest BCUT2D eigenvalue weighted by molar-refractivity contribution is 9.10. The second kappa shape index (κ2) is 5.87. The van der Waals surface area contributed by atoms with Crippen molar-refractivity contribution in [2.24, 2.45) is 0 Å². The fourth-order valence-corrected chi connectivity index (χ4v) is 5.04. The zero-order chi connectivity index (χ0) is 16.8. The maximum absolute atomic E-state index is 12.7. The number of urea groups is 1. The number of hydroxylamine groups is 2. The van der Waals surface area contributed by atoms with E-state index in [2.05, 4.69) is 15.9 Å². The lowest BCUT2D eigenvalue weighted by atomic mass is 9.99. The lowest BCUT2D eigenvalue weighted by Crippen LogP contribution is -2.38. The quantitative estimate of drug-likeness (QED) is 0.839. The molecule has 1 fully saturated rings. The molecule has 4 rings (SSSR count). The van der Waals surface area contributed by atoms with Crippen molar-refractivity contribution in [1.82, 2.24) is 9.96 Å². The minimum absolute atomic E-state index is 0.260. The summed E-state index contributed by atoms with van der Waals surface area (Å²) < 4.78 is 0.724. The minimum Gasteiger partial charge on any atom is -0.479 e. The molecule has 1 saturated heterocycles. The van der Waals surface area contributed by atoms with E-state index in [1.807, 2.05) is 35.7 Å². The van der Waals surface area contributed by atoms with Gasteiger partial charge in [0.05, 0.1) is 6.54 Å². The Labute approximate surface area is 150 Å². The van der Waals surface area contributed by atoms with Crippen molar-refractivity contribution >= 4 is 39.3 Å². The average molecular weight is 409 g/mol.